The number of hydrogen-bond acceptors (Lipinski definition) is 4. The molecule has 0 radical (unpaired) electrons. The summed E-state index contributed by atoms with van der Waals surface area (Å²) in [6, 6.07) is 0. The van der Waals surface area contributed by atoms with Crippen LogP contribution in [-0.4, -0.2) is 32.4 Å². The molecular weight excluding hydrogens is 162 g/mol. The normalized spacial score (nSPS) is 11.5. The van der Waals surface area contributed by atoms with E-state index in [2.05, 4.69) is 9.47 Å². The molecule has 66 valence electrons. The molecule has 11 heavy (non-hydrogen) atoms. The molecule has 0 rings (SSSR count). The van der Waals surface area contributed by atoms with Gasteiger partial charge in [-0.1, -0.05) is 0 Å². The summed E-state index contributed by atoms with van der Waals surface area (Å²) >= 11 is 0. The van der Waals surface area contributed by atoms with Gasteiger partial charge < -0.3 is 19.4 Å². The number of methoxy groups -OCH3 is 1. The van der Waals surface area contributed by atoms with Gasteiger partial charge in [0.2, 0.25) is 0 Å². The number of rotatable bonds is 5. The molecule has 0 aromatic carbocycles. The van der Waals surface area contributed by atoms with Gasteiger partial charge in [-0.3, -0.25) is 0 Å². The third kappa shape index (κ3) is 3.84. The number of carbonyl (C=O) groups excluding carboxylic acids is 1. The molecule has 0 heterocycles. The second kappa shape index (κ2) is 4.20. The van der Waals surface area contributed by atoms with Gasteiger partial charge in [0.25, 0.3) is 0 Å². The fourth-order valence-corrected chi connectivity index (χ4v) is 0.312. The minimum Gasteiger partial charge on any atom is -0.542 e. The molecule has 0 fully saturated rings. The van der Waals surface area contributed by atoms with E-state index in [9.17, 15) is 18.7 Å². The summed E-state index contributed by atoms with van der Waals surface area (Å²) in [7, 11) is 1.28. The Kier molecular flexibility index (Phi) is 3.91. The Hall–Kier alpha value is -0.750. The van der Waals surface area contributed by atoms with E-state index in [4.69, 9.17) is 0 Å². The van der Waals surface area contributed by atoms with Crippen LogP contribution in [0.1, 0.15) is 0 Å². The van der Waals surface area contributed by atoms with Gasteiger partial charge in [-0.2, -0.15) is 8.78 Å². The standard InChI is InChI=1S/C5H8F2O4/c1-10-2-3-11-5(6,7)4(8)9/h2-3H2,1H3,(H,8,9)/p-1. The molecule has 0 aromatic heterocycles. The van der Waals surface area contributed by atoms with Crippen LogP contribution in [0.25, 0.3) is 0 Å². The first-order chi connectivity index (χ1) is 5.00. The summed E-state index contributed by atoms with van der Waals surface area (Å²) in [4.78, 5) is 9.59. The van der Waals surface area contributed by atoms with Crippen molar-refractivity contribution in [3.05, 3.63) is 0 Å². The van der Waals surface area contributed by atoms with Gasteiger partial charge in [-0.15, -0.1) is 0 Å². The molecule has 0 aliphatic rings. The summed E-state index contributed by atoms with van der Waals surface area (Å²) in [5, 5.41) is 9.59. The largest absolute Gasteiger partial charge is 0.542 e. The predicted octanol–water partition coefficient (Wildman–Crippen LogP) is -1.01. The molecule has 0 bridgehead atoms. The van der Waals surface area contributed by atoms with Crippen LogP contribution in [0.15, 0.2) is 0 Å². The van der Waals surface area contributed by atoms with Gasteiger partial charge >= 0.3 is 6.11 Å². The summed E-state index contributed by atoms with van der Waals surface area (Å²) in [6.45, 7) is -0.583. The Labute approximate surface area is 61.7 Å². The van der Waals surface area contributed by atoms with Crippen molar-refractivity contribution in [2.24, 2.45) is 0 Å². The molecule has 0 aliphatic carbocycles. The maximum Gasteiger partial charge on any atom is 0.397 e. The van der Waals surface area contributed by atoms with E-state index in [1.54, 1.807) is 0 Å². The molecule has 0 N–H and O–H groups in total. The van der Waals surface area contributed by atoms with E-state index in [-0.39, 0.29) is 6.61 Å². The van der Waals surface area contributed by atoms with Crippen molar-refractivity contribution in [2.75, 3.05) is 20.3 Å². The summed E-state index contributed by atoms with van der Waals surface area (Å²) in [6.07, 6.45) is -4.22. The molecule has 4 nitrogen and oxygen atoms in total. The van der Waals surface area contributed by atoms with Crippen LogP contribution < -0.4 is 5.11 Å². The Balaban J connectivity index is 3.64. The van der Waals surface area contributed by atoms with Crippen LogP contribution in [-0.2, 0) is 14.3 Å². The molecule has 0 unspecified atom stereocenters. The lowest BCUT2D eigenvalue weighted by molar-refractivity contribution is -0.363. The van der Waals surface area contributed by atoms with Gasteiger partial charge in [0.15, 0.2) is 0 Å². The number of carboxylic acids is 1. The van der Waals surface area contributed by atoms with E-state index in [1.165, 1.54) is 7.11 Å². The number of carboxylic acid groups (broad SMARTS) is 1. The highest BCUT2D eigenvalue weighted by Crippen LogP contribution is 2.12. The third-order valence-electron chi connectivity index (χ3n) is 0.808. The monoisotopic (exact) mass is 169 g/mol. The third-order valence-corrected chi connectivity index (χ3v) is 0.808. The predicted molar refractivity (Wildman–Crippen MR) is 27.8 cm³/mol. The second-order valence-corrected chi connectivity index (χ2v) is 1.65. The zero-order valence-electron chi connectivity index (χ0n) is 5.80. The van der Waals surface area contributed by atoms with Crippen molar-refractivity contribution < 1.29 is 28.2 Å². The van der Waals surface area contributed by atoms with Gasteiger partial charge in [0.1, 0.15) is 5.97 Å². The molecule has 0 amide bonds. The minimum atomic E-state index is -4.22. The van der Waals surface area contributed by atoms with Crippen molar-refractivity contribution in [3.63, 3.8) is 0 Å². The topological polar surface area (TPSA) is 58.6 Å². The summed E-state index contributed by atoms with van der Waals surface area (Å²) in [5.41, 5.74) is 0. The smallest absolute Gasteiger partial charge is 0.397 e. The zero-order valence-corrected chi connectivity index (χ0v) is 5.80. The Morgan fingerprint density at radius 1 is 1.55 bits per heavy atom. The number of ether oxygens (including phenoxy) is 2. The van der Waals surface area contributed by atoms with Crippen LogP contribution in [0, 0.1) is 0 Å². The lowest BCUT2D eigenvalue weighted by atomic mass is 10.6. The fourth-order valence-electron chi connectivity index (χ4n) is 0.312. The van der Waals surface area contributed by atoms with E-state index in [0.29, 0.717) is 0 Å². The van der Waals surface area contributed by atoms with Crippen LogP contribution >= 0.6 is 0 Å². The van der Waals surface area contributed by atoms with Gasteiger partial charge in [-0.05, 0) is 0 Å². The summed E-state index contributed by atoms with van der Waals surface area (Å²) in [5.74, 6) is -2.55. The van der Waals surface area contributed by atoms with Gasteiger partial charge in [0, 0.05) is 7.11 Å². The van der Waals surface area contributed by atoms with Crippen LogP contribution in [0.2, 0.25) is 0 Å². The van der Waals surface area contributed by atoms with Crippen LogP contribution in [0.5, 0.6) is 0 Å². The Morgan fingerprint density at radius 2 is 2.09 bits per heavy atom. The SMILES string of the molecule is COCCOC(F)(F)C(=O)[O-]. The highest BCUT2D eigenvalue weighted by atomic mass is 19.3. The maximum absolute atomic E-state index is 11.9. The molecule has 0 saturated carbocycles. The van der Waals surface area contributed by atoms with E-state index >= 15 is 0 Å². The number of halogens is 2. The lowest BCUT2D eigenvalue weighted by Gasteiger charge is -2.16. The van der Waals surface area contributed by atoms with Gasteiger partial charge in [-0.25, -0.2) is 0 Å². The number of hydrogen-bond donors (Lipinski definition) is 0. The number of aliphatic carboxylic acids is 1. The Morgan fingerprint density at radius 3 is 2.45 bits per heavy atom. The summed E-state index contributed by atoms with van der Waals surface area (Å²) < 4.78 is 31.8. The maximum atomic E-state index is 11.9. The first-order valence-electron chi connectivity index (χ1n) is 2.73. The second-order valence-electron chi connectivity index (χ2n) is 1.65. The molecular formula is C5H7F2O4-. The van der Waals surface area contributed by atoms with E-state index in [0.717, 1.165) is 0 Å². The lowest BCUT2D eigenvalue weighted by Crippen LogP contribution is -2.44. The first kappa shape index (κ1) is 10.2. The van der Waals surface area contributed by atoms with E-state index < -0.39 is 18.7 Å². The van der Waals surface area contributed by atoms with E-state index in [1.807, 2.05) is 0 Å². The van der Waals surface area contributed by atoms with Crippen molar-refractivity contribution in [1.82, 2.24) is 0 Å². The minimum absolute atomic E-state index is 0.0944. The average molecular weight is 169 g/mol. The fraction of sp³-hybridized carbons (Fsp3) is 0.800. The quantitative estimate of drug-likeness (QED) is 0.495. The average Bonchev–Trinajstić information content (AvgIpc) is 1.88. The molecule has 0 spiro atoms. The van der Waals surface area contributed by atoms with Crippen molar-refractivity contribution in [1.29, 1.82) is 0 Å². The zero-order chi connectivity index (χ0) is 8.91. The highest BCUT2D eigenvalue weighted by Gasteiger charge is 2.31. The van der Waals surface area contributed by atoms with Gasteiger partial charge in [0.05, 0.1) is 13.2 Å². The molecule has 0 atom stereocenters. The number of alkyl halides is 2. The van der Waals surface area contributed by atoms with Crippen molar-refractivity contribution >= 4 is 5.97 Å². The molecule has 0 saturated heterocycles. The Bertz CT molecular complexity index is 136. The van der Waals surface area contributed by atoms with Crippen LogP contribution in [0.3, 0.4) is 0 Å². The highest BCUT2D eigenvalue weighted by molar-refractivity contribution is 5.71. The number of carbonyl (C=O) groups is 1. The first-order valence-corrected chi connectivity index (χ1v) is 2.73. The molecule has 0 aliphatic heterocycles. The molecule has 6 heteroatoms. The molecule has 0 aromatic rings. The van der Waals surface area contributed by atoms with Crippen molar-refractivity contribution in [3.8, 4) is 0 Å². The van der Waals surface area contributed by atoms with Crippen LogP contribution in [0.4, 0.5) is 8.78 Å². The van der Waals surface area contributed by atoms with Crippen molar-refractivity contribution in [2.45, 2.75) is 6.11 Å².